The van der Waals surface area contributed by atoms with Gasteiger partial charge in [-0.3, -0.25) is 9.11 Å². The van der Waals surface area contributed by atoms with Crippen LogP contribution in [0, 0.1) is 0 Å². The Morgan fingerprint density at radius 1 is 1.36 bits per heavy atom. The van der Waals surface area contributed by atoms with Crippen LogP contribution >= 0.6 is 11.3 Å². The van der Waals surface area contributed by atoms with Crippen molar-refractivity contribution in [2.24, 2.45) is 0 Å². The third-order valence-corrected chi connectivity index (χ3v) is 5.70. The Balaban J connectivity index is 1.79. The summed E-state index contributed by atoms with van der Waals surface area (Å²) in [5.74, 6) is 0.501. The first-order chi connectivity index (χ1) is 10.5. The van der Waals surface area contributed by atoms with Gasteiger partial charge in [0.05, 0.1) is 0 Å². The van der Waals surface area contributed by atoms with Crippen molar-refractivity contribution in [1.29, 1.82) is 0 Å². The van der Waals surface area contributed by atoms with Crippen molar-refractivity contribution in [2.45, 2.75) is 25.9 Å². The topological polar surface area (TPSA) is 52.7 Å². The summed E-state index contributed by atoms with van der Waals surface area (Å²) in [6, 6.07) is 2.47. The van der Waals surface area contributed by atoms with E-state index in [1.807, 2.05) is 11.8 Å². The van der Waals surface area contributed by atoms with E-state index in [0.717, 1.165) is 26.2 Å². The maximum Gasteiger partial charge on any atom is 0.317 e. The number of carbonyl (C=O) groups is 1. The van der Waals surface area contributed by atoms with E-state index in [1.54, 1.807) is 17.6 Å². The highest BCUT2D eigenvalue weighted by molar-refractivity contribution is 7.84. The Labute approximate surface area is 139 Å². The number of nitrogens with zero attached hydrogens (tertiary/aromatic N) is 2. The number of hydrogen-bond acceptors (Lipinski definition) is 4. The minimum Gasteiger partial charge on any atom is -0.335 e. The fourth-order valence-electron chi connectivity index (χ4n) is 2.73. The van der Waals surface area contributed by atoms with Crippen LogP contribution < -0.4 is 5.32 Å². The van der Waals surface area contributed by atoms with E-state index in [-0.39, 0.29) is 12.1 Å². The molecule has 0 aromatic carbocycles. The number of nitrogens with one attached hydrogen (secondary N) is 1. The zero-order valence-corrected chi connectivity index (χ0v) is 15.1. The van der Waals surface area contributed by atoms with Crippen LogP contribution in [0.25, 0.3) is 0 Å². The van der Waals surface area contributed by atoms with Crippen LogP contribution in [0.3, 0.4) is 0 Å². The van der Waals surface area contributed by atoms with Crippen LogP contribution in [-0.4, -0.2) is 64.3 Å². The molecule has 0 radical (unpaired) electrons. The summed E-state index contributed by atoms with van der Waals surface area (Å²) < 4.78 is 11.2. The second kappa shape index (κ2) is 8.08. The van der Waals surface area contributed by atoms with Crippen molar-refractivity contribution in [3.63, 3.8) is 0 Å². The van der Waals surface area contributed by atoms with E-state index in [0.29, 0.717) is 11.8 Å². The molecule has 0 bridgehead atoms. The normalized spacial score (nSPS) is 20.4. The average molecular weight is 344 g/mol. The summed E-state index contributed by atoms with van der Waals surface area (Å²) in [6.07, 6.45) is 1.66. The van der Waals surface area contributed by atoms with Crippen LogP contribution in [0.5, 0.6) is 0 Å². The van der Waals surface area contributed by atoms with Gasteiger partial charge >= 0.3 is 6.03 Å². The number of piperazine rings is 1. The molecule has 1 aliphatic heterocycles. The standard InChI is InChI=1S/C15H25N3O2S2/c1-12(11-22(3)20)16-15(19)18-7-5-17(6-8-18)13(2)14-4-9-21-10-14/h4,9-10,12-13H,5-8,11H2,1-3H3,(H,16,19)/t12-,13-,22+/m1/s1. The number of amides is 2. The second-order valence-corrected chi connectivity index (χ2v) is 8.11. The molecular formula is C15H25N3O2S2. The summed E-state index contributed by atoms with van der Waals surface area (Å²) in [5.41, 5.74) is 1.35. The first kappa shape index (κ1) is 17.4. The molecule has 1 aromatic rings. The minimum atomic E-state index is -0.887. The number of rotatable bonds is 5. The van der Waals surface area contributed by atoms with E-state index >= 15 is 0 Å². The SMILES string of the molecule is C[C@H](C[S@](C)=O)NC(=O)N1CCN([C@H](C)c2ccsc2)CC1. The lowest BCUT2D eigenvalue weighted by Crippen LogP contribution is -2.53. The molecule has 7 heteroatoms. The van der Waals surface area contributed by atoms with Gasteiger partial charge in [0.25, 0.3) is 0 Å². The van der Waals surface area contributed by atoms with Crippen LogP contribution in [0.15, 0.2) is 16.8 Å². The van der Waals surface area contributed by atoms with Crippen LogP contribution in [0.1, 0.15) is 25.5 Å². The van der Waals surface area contributed by atoms with Gasteiger partial charge in [0.2, 0.25) is 0 Å². The van der Waals surface area contributed by atoms with Gasteiger partial charge in [0, 0.05) is 61.1 Å². The quantitative estimate of drug-likeness (QED) is 0.888. The van der Waals surface area contributed by atoms with E-state index in [9.17, 15) is 9.00 Å². The largest absolute Gasteiger partial charge is 0.335 e. The maximum absolute atomic E-state index is 12.2. The van der Waals surface area contributed by atoms with E-state index in [2.05, 4.69) is 34.0 Å². The first-order valence-electron chi connectivity index (χ1n) is 7.59. The molecule has 0 saturated carbocycles. The Morgan fingerprint density at radius 3 is 2.59 bits per heavy atom. The molecule has 3 atom stereocenters. The van der Waals surface area contributed by atoms with Gasteiger partial charge in [-0.15, -0.1) is 0 Å². The van der Waals surface area contributed by atoms with Crippen LogP contribution in [0.4, 0.5) is 4.79 Å². The van der Waals surface area contributed by atoms with Crippen molar-refractivity contribution in [3.8, 4) is 0 Å². The molecule has 1 fully saturated rings. The molecule has 124 valence electrons. The second-order valence-electron chi connectivity index (χ2n) is 5.85. The first-order valence-corrected chi connectivity index (χ1v) is 10.3. The molecule has 0 aliphatic carbocycles. The fourth-order valence-corrected chi connectivity index (χ4v) is 4.27. The van der Waals surface area contributed by atoms with Gasteiger partial charge < -0.3 is 10.2 Å². The van der Waals surface area contributed by atoms with E-state index in [1.165, 1.54) is 5.56 Å². The number of thiophene rings is 1. The smallest absolute Gasteiger partial charge is 0.317 e. The molecule has 2 amide bonds. The molecule has 2 rings (SSSR count). The van der Waals surface area contributed by atoms with Gasteiger partial charge in [0.15, 0.2) is 0 Å². The van der Waals surface area contributed by atoms with Gasteiger partial charge in [-0.2, -0.15) is 11.3 Å². The molecule has 0 unspecified atom stereocenters. The Hall–Kier alpha value is -0.920. The monoisotopic (exact) mass is 343 g/mol. The predicted octanol–water partition coefficient (Wildman–Crippen LogP) is 1.90. The third-order valence-electron chi connectivity index (χ3n) is 4.03. The minimum absolute atomic E-state index is 0.0409. The van der Waals surface area contributed by atoms with Gasteiger partial charge in [-0.1, -0.05) is 0 Å². The van der Waals surface area contributed by atoms with Gasteiger partial charge in [-0.05, 0) is 36.2 Å². The Bertz CT molecular complexity index is 499. The Kier molecular flexibility index (Phi) is 6.40. The molecule has 0 spiro atoms. The molecule has 1 N–H and O–H groups in total. The lowest BCUT2D eigenvalue weighted by Gasteiger charge is -2.38. The molecule has 5 nitrogen and oxygen atoms in total. The van der Waals surface area contributed by atoms with Crippen molar-refractivity contribution < 1.29 is 9.00 Å². The van der Waals surface area contributed by atoms with Crippen molar-refractivity contribution in [1.82, 2.24) is 15.1 Å². The molecule has 1 saturated heterocycles. The number of carbonyl (C=O) groups excluding carboxylic acids is 1. The molecule has 22 heavy (non-hydrogen) atoms. The molecule has 2 heterocycles. The lowest BCUT2D eigenvalue weighted by molar-refractivity contribution is 0.113. The summed E-state index contributed by atoms with van der Waals surface area (Å²) in [5, 5.41) is 7.23. The predicted molar refractivity (Wildman–Crippen MR) is 92.8 cm³/mol. The highest BCUT2D eigenvalue weighted by atomic mass is 32.2. The zero-order chi connectivity index (χ0) is 16.1. The summed E-state index contributed by atoms with van der Waals surface area (Å²) in [7, 11) is -0.887. The van der Waals surface area contributed by atoms with E-state index in [4.69, 9.17) is 0 Å². The average Bonchev–Trinajstić information content (AvgIpc) is 2.99. The van der Waals surface area contributed by atoms with Crippen LogP contribution in [-0.2, 0) is 10.8 Å². The van der Waals surface area contributed by atoms with Crippen molar-refractivity contribution in [3.05, 3.63) is 22.4 Å². The van der Waals surface area contributed by atoms with Crippen molar-refractivity contribution >= 4 is 28.2 Å². The van der Waals surface area contributed by atoms with Gasteiger partial charge in [0.1, 0.15) is 0 Å². The summed E-state index contributed by atoms with van der Waals surface area (Å²) >= 11 is 1.72. The maximum atomic E-state index is 12.2. The number of hydrogen-bond donors (Lipinski definition) is 1. The lowest BCUT2D eigenvalue weighted by atomic mass is 10.1. The fraction of sp³-hybridized carbons (Fsp3) is 0.667. The summed E-state index contributed by atoms with van der Waals surface area (Å²) in [6.45, 7) is 7.37. The zero-order valence-electron chi connectivity index (χ0n) is 13.4. The molecule has 1 aromatic heterocycles. The molecular weight excluding hydrogens is 318 g/mol. The highest BCUT2D eigenvalue weighted by Gasteiger charge is 2.25. The van der Waals surface area contributed by atoms with Gasteiger partial charge in [-0.25, -0.2) is 4.79 Å². The summed E-state index contributed by atoms with van der Waals surface area (Å²) in [4.78, 5) is 16.5. The highest BCUT2D eigenvalue weighted by Crippen LogP contribution is 2.23. The van der Waals surface area contributed by atoms with Crippen molar-refractivity contribution in [2.75, 3.05) is 38.2 Å². The van der Waals surface area contributed by atoms with Crippen LogP contribution in [0.2, 0.25) is 0 Å². The third kappa shape index (κ3) is 4.79. The molecule has 1 aliphatic rings. The van der Waals surface area contributed by atoms with E-state index < -0.39 is 10.8 Å². The number of urea groups is 1. The Morgan fingerprint density at radius 2 is 2.05 bits per heavy atom.